The standard InChI is InChI=1S/C14H9F4NO/c15-10-1-3-12-9(7-10)5-6-19(12)8-11-2-4-13(20-11)14(16,17)18/h1-7H,8H2. The minimum Gasteiger partial charge on any atom is -0.455 e. The third-order valence-electron chi connectivity index (χ3n) is 3.00. The first-order valence-electron chi connectivity index (χ1n) is 5.84. The molecule has 0 aliphatic rings. The lowest BCUT2D eigenvalue weighted by Crippen LogP contribution is -2.02. The van der Waals surface area contributed by atoms with Gasteiger partial charge in [0.25, 0.3) is 0 Å². The monoisotopic (exact) mass is 283 g/mol. The SMILES string of the molecule is Fc1ccc2c(ccn2Cc2ccc(C(F)(F)F)o2)c1. The average Bonchev–Trinajstić information content (AvgIpc) is 2.96. The highest BCUT2D eigenvalue weighted by atomic mass is 19.4. The van der Waals surface area contributed by atoms with E-state index in [0.717, 1.165) is 11.6 Å². The van der Waals surface area contributed by atoms with Crippen molar-refractivity contribution in [2.45, 2.75) is 12.7 Å². The van der Waals surface area contributed by atoms with Crippen molar-refractivity contribution in [3.8, 4) is 0 Å². The summed E-state index contributed by atoms with van der Waals surface area (Å²) in [4.78, 5) is 0. The number of nitrogens with zero attached hydrogens (tertiary/aromatic N) is 1. The number of rotatable bonds is 2. The van der Waals surface area contributed by atoms with Gasteiger partial charge < -0.3 is 8.98 Å². The average molecular weight is 283 g/mol. The van der Waals surface area contributed by atoms with Crippen molar-refractivity contribution < 1.29 is 22.0 Å². The summed E-state index contributed by atoms with van der Waals surface area (Å²) in [5.74, 6) is -1.18. The van der Waals surface area contributed by atoms with Crippen LogP contribution in [-0.4, -0.2) is 4.57 Å². The lowest BCUT2D eigenvalue weighted by atomic mass is 10.2. The molecule has 0 bridgehead atoms. The van der Waals surface area contributed by atoms with Crippen LogP contribution >= 0.6 is 0 Å². The van der Waals surface area contributed by atoms with Crippen molar-refractivity contribution >= 4 is 10.9 Å². The van der Waals surface area contributed by atoms with Crippen LogP contribution in [0.25, 0.3) is 10.9 Å². The third-order valence-corrected chi connectivity index (χ3v) is 3.00. The lowest BCUT2D eigenvalue weighted by Gasteiger charge is -2.04. The van der Waals surface area contributed by atoms with E-state index in [9.17, 15) is 17.6 Å². The van der Waals surface area contributed by atoms with Crippen LogP contribution in [0.15, 0.2) is 47.0 Å². The molecule has 3 rings (SSSR count). The lowest BCUT2D eigenvalue weighted by molar-refractivity contribution is -0.153. The smallest absolute Gasteiger partial charge is 0.449 e. The fourth-order valence-electron chi connectivity index (χ4n) is 2.09. The topological polar surface area (TPSA) is 18.1 Å². The largest absolute Gasteiger partial charge is 0.455 e. The van der Waals surface area contributed by atoms with Gasteiger partial charge in [0.1, 0.15) is 11.6 Å². The zero-order valence-corrected chi connectivity index (χ0v) is 10.1. The molecule has 0 unspecified atom stereocenters. The van der Waals surface area contributed by atoms with E-state index >= 15 is 0 Å². The summed E-state index contributed by atoms with van der Waals surface area (Å²) in [6, 6.07) is 8.15. The number of hydrogen-bond acceptors (Lipinski definition) is 1. The summed E-state index contributed by atoms with van der Waals surface area (Å²) >= 11 is 0. The summed E-state index contributed by atoms with van der Waals surface area (Å²) < 4.78 is 56.8. The van der Waals surface area contributed by atoms with Gasteiger partial charge in [0.2, 0.25) is 5.76 Å². The molecule has 0 N–H and O–H groups in total. The molecule has 0 amide bonds. The molecule has 2 heterocycles. The molecule has 104 valence electrons. The molecule has 1 aromatic carbocycles. The highest BCUT2D eigenvalue weighted by Crippen LogP contribution is 2.31. The zero-order chi connectivity index (χ0) is 14.3. The first-order chi connectivity index (χ1) is 9.43. The van der Waals surface area contributed by atoms with Crippen LogP contribution in [0.4, 0.5) is 17.6 Å². The molecule has 2 aromatic heterocycles. The van der Waals surface area contributed by atoms with Crippen LogP contribution in [0.3, 0.4) is 0 Å². The van der Waals surface area contributed by atoms with Gasteiger partial charge in [-0.2, -0.15) is 13.2 Å². The number of furan rings is 1. The van der Waals surface area contributed by atoms with E-state index in [4.69, 9.17) is 4.42 Å². The van der Waals surface area contributed by atoms with Crippen LogP contribution in [0, 0.1) is 5.82 Å². The molecular formula is C14H9F4NO. The number of alkyl halides is 3. The van der Waals surface area contributed by atoms with Gasteiger partial charge in [-0.1, -0.05) is 0 Å². The van der Waals surface area contributed by atoms with Crippen molar-refractivity contribution in [1.29, 1.82) is 0 Å². The Morgan fingerprint density at radius 2 is 1.85 bits per heavy atom. The number of benzene rings is 1. The summed E-state index contributed by atoms with van der Waals surface area (Å²) in [7, 11) is 0. The van der Waals surface area contributed by atoms with Gasteiger partial charge in [0.05, 0.1) is 6.54 Å². The minimum absolute atomic E-state index is 0.158. The Balaban J connectivity index is 1.91. The Morgan fingerprint density at radius 1 is 1.05 bits per heavy atom. The molecule has 0 atom stereocenters. The second kappa shape index (κ2) is 4.40. The zero-order valence-electron chi connectivity index (χ0n) is 10.1. The first-order valence-corrected chi connectivity index (χ1v) is 5.84. The van der Waals surface area contributed by atoms with Gasteiger partial charge in [-0.25, -0.2) is 4.39 Å². The summed E-state index contributed by atoms with van der Waals surface area (Å²) in [6.07, 6.45) is -2.81. The number of fused-ring (bicyclic) bond motifs is 1. The number of hydrogen-bond donors (Lipinski definition) is 0. The van der Waals surface area contributed by atoms with Gasteiger partial charge in [0.15, 0.2) is 0 Å². The maximum absolute atomic E-state index is 13.1. The van der Waals surface area contributed by atoms with E-state index in [1.807, 2.05) is 0 Å². The van der Waals surface area contributed by atoms with E-state index in [2.05, 4.69) is 0 Å². The molecule has 20 heavy (non-hydrogen) atoms. The second-order valence-corrected chi connectivity index (χ2v) is 4.41. The molecule has 6 heteroatoms. The predicted octanol–water partition coefficient (Wildman–Crippen LogP) is 4.44. The fraction of sp³-hybridized carbons (Fsp3) is 0.143. The van der Waals surface area contributed by atoms with E-state index in [-0.39, 0.29) is 18.1 Å². The fourth-order valence-corrected chi connectivity index (χ4v) is 2.09. The Kier molecular flexibility index (Phi) is 2.81. The van der Waals surface area contributed by atoms with Gasteiger partial charge in [-0.3, -0.25) is 0 Å². The predicted molar refractivity (Wildman–Crippen MR) is 64.7 cm³/mol. The minimum atomic E-state index is -4.49. The van der Waals surface area contributed by atoms with Crippen molar-refractivity contribution in [2.24, 2.45) is 0 Å². The van der Waals surface area contributed by atoms with Gasteiger partial charge in [-0.15, -0.1) is 0 Å². The van der Waals surface area contributed by atoms with Crippen molar-refractivity contribution in [3.05, 3.63) is 59.9 Å². The Hall–Kier alpha value is -2.24. The number of aromatic nitrogens is 1. The highest BCUT2D eigenvalue weighted by Gasteiger charge is 2.34. The van der Waals surface area contributed by atoms with Crippen LogP contribution in [-0.2, 0) is 12.7 Å². The van der Waals surface area contributed by atoms with E-state index in [1.165, 1.54) is 18.2 Å². The summed E-state index contributed by atoms with van der Waals surface area (Å²) in [5.41, 5.74) is 0.733. The molecule has 0 spiro atoms. The van der Waals surface area contributed by atoms with E-state index < -0.39 is 11.9 Å². The molecule has 0 radical (unpaired) electrons. The Labute approximate surface area is 111 Å². The van der Waals surface area contributed by atoms with Crippen LogP contribution in [0.2, 0.25) is 0 Å². The Bertz CT molecular complexity index is 754. The van der Waals surface area contributed by atoms with Gasteiger partial charge in [-0.05, 0) is 36.4 Å². The van der Waals surface area contributed by atoms with Crippen LogP contribution in [0.1, 0.15) is 11.5 Å². The first kappa shape index (κ1) is 12.8. The van der Waals surface area contributed by atoms with E-state index in [1.54, 1.807) is 22.9 Å². The van der Waals surface area contributed by atoms with Crippen LogP contribution in [0.5, 0.6) is 0 Å². The van der Waals surface area contributed by atoms with Crippen molar-refractivity contribution in [1.82, 2.24) is 4.57 Å². The Morgan fingerprint density at radius 3 is 2.55 bits per heavy atom. The molecule has 2 nitrogen and oxygen atoms in total. The summed E-state index contributed by atoms with van der Waals surface area (Å²) in [5, 5.41) is 0.688. The molecule has 0 aliphatic heterocycles. The maximum atomic E-state index is 13.1. The second-order valence-electron chi connectivity index (χ2n) is 4.41. The van der Waals surface area contributed by atoms with Crippen molar-refractivity contribution in [2.75, 3.05) is 0 Å². The molecule has 0 aliphatic carbocycles. The molecule has 0 fully saturated rings. The maximum Gasteiger partial charge on any atom is 0.449 e. The van der Waals surface area contributed by atoms with Crippen LogP contribution < -0.4 is 0 Å². The number of halogens is 4. The molecule has 0 saturated heterocycles. The van der Waals surface area contributed by atoms with E-state index in [0.29, 0.717) is 5.39 Å². The molecular weight excluding hydrogens is 274 g/mol. The third kappa shape index (κ3) is 2.29. The van der Waals surface area contributed by atoms with Gasteiger partial charge in [0, 0.05) is 17.1 Å². The van der Waals surface area contributed by atoms with Crippen molar-refractivity contribution in [3.63, 3.8) is 0 Å². The molecule has 3 aromatic rings. The highest BCUT2D eigenvalue weighted by molar-refractivity contribution is 5.80. The quantitative estimate of drug-likeness (QED) is 0.636. The van der Waals surface area contributed by atoms with Gasteiger partial charge >= 0.3 is 6.18 Å². The summed E-state index contributed by atoms with van der Waals surface area (Å²) in [6.45, 7) is 0.158. The molecule has 0 saturated carbocycles. The normalized spacial score (nSPS) is 12.2.